The summed E-state index contributed by atoms with van der Waals surface area (Å²) in [6, 6.07) is 9.62. The lowest BCUT2D eigenvalue weighted by Gasteiger charge is -2.18. The number of nitrogens with zero attached hydrogens (tertiary/aromatic N) is 3. The lowest BCUT2D eigenvalue weighted by Crippen LogP contribution is -2.44. The Morgan fingerprint density at radius 3 is 2.68 bits per heavy atom. The van der Waals surface area contributed by atoms with Gasteiger partial charge in [-0.15, -0.1) is 0 Å². The van der Waals surface area contributed by atoms with Crippen molar-refractivity contribution >= 4 is 5.91 Å². The molecule has 0 bridgehead atoms. The molecule has 1 heterocycles. The highest BCUT2D eigenvalue weighted by Crippen LogP contribution is 2.05. The van der Waals surface area contributed by atoms with E-state index in [1.807, 2.05) is 29.0 Å². The largest absolute Gasteiger partial charge is 0.353 e. The molecule has 0 saturated carbocycles. The van der Waals surface area contributed by atoms with E-state index in [0.717, 1.165) is 31.9 Å². The standard InChI is InChI=1S/C19H29N5O/c1-3-23(4-2)11-10-21-19(25)18(20)12-17-14-24(15-22-17)13-16-8-6-5-7-9-16/h5-9,14-15,18H,3-4,10-13,20H2,1-2H3,(H,21,25)/t18-/m0/s1. The van der Waals surface area contributed by atoms with Gasteiger partial charge in [-0.1, -0.05) is 44.2 Å². The Kier molecular flexibility index (Phi) is 7.63. The van der Waals surface area contributed by atoms with Gasteiger partial charge in [0.2, 0.25) is 5.91 Å². The molecule has 0 aliphatic heterocycles. The van der Waals surface area contributed by atoms with Crippen LogP contribution in [0.4, 0.5) is 0 Å². The quantitative estimate of drug-likeness (QED) is 0.681. The fourth-order valence-electron chi connectivity index (χ4n) is 2.72. The second-order valence-corrected chi connectivity index (χ2v) is 6.15. The Bertz CT molecular complexity index is 636. The minimum absolute atomic E-state index is 0.121. The number of imidazole rings is 1. The van der Waals surface area contributed by atoms with E-state index in [2.05, 4.69) is 41.2 Å². The second kappa shape index (κ2) is 9.96. The third-order valence-corrected chi connectivity index (χ3v) is 4.28. The fraction of sp³-hybridized carbons (Fsp3) is 0.474. The second-order valence-electron chi connectivity index (χ2n) is 6.15. The van der Waals surface area contributed by atoms with Crippen LogP contribution in [0.5, 0.6) is 0 Å². The Hall–Kier alpha value is -2.18. The lowest BCUT2D eigenvalue weighted by molar-refractivity contribution is -0.122. The third kappa shape index (κ3) is 6.32. The first-order chi connectivity index (χ1) is 12.1. The molecule has 0 aliphatic rings. The zero-order valence-electron chi connectivity index (χ0n) is 15.2. The van der Waals surface area contributed by atoms with Crippen LogP contribution in [0.15, 0.2) is 42.9 Å². The van der Waals surface area contributed by atoms with E-state index < -0.39 is 6.04 Å². The van der Waals surface area contributed by atoms with Crippen molar-refractivity contribution < 1.29 is 4.79 Å². The van der Waals surface area contributed by atoms with Crippen molar-refractivity contribution in [2.75, 3.05) is 26.2 Å². The van der Waals surface area contributed by atoms with Crippen molar-refractivity contribution in [2.24, 2.45) is 5.73 Å². The fourth-order valence-corrected chi connectivity index (χ4v) is 2.72. The summed E-state index contributed by atoms with van der Waals surface area (Å²) in [6.07, 6.45) is 4.18. The molecule has 2 rings (SSSR count). The summed E-state index contributed by atoms with van der Waals surface area (Å²) < 4.78 is 2.01. The summed E-state index contributed by atoms with van der Waals surface area (Å²) >= 11 is 0. The molecule has 0 radical (unpaired) electrons. The van der Waals surface area contributed by atoms with Crippen LogP contribution in [0, 0.1) is 0 Å². The van der Waals surface area contributed by atoms with Gasteiger partial charge >= 0.3 is 0 Å². The van der Waals surface area contributed by atoms with Crippen LogP contribution in [0.25, 0.3) is 0 Å². The third-order valence-electron chi connectivity index (χ3n) is 4.28. The maximum atomic E-state index is 12.1. The number of likely N-dealkylation sites (N-methyl/N-ethyl adjacent to an activating group) is 1. The van der Waals surface area contributed by atoms with E-state index in [4.69, 9.17) is 5.73 Å². The van der Waals surface area contributed by atoms with E-state index in [0.29, 0.717) is 13.0 Å². The molecule has 0 fully saturated rings. The molecule has 1 aromatic carbocycles. The molecule has 0 saturated heterocycles. The summed E-state index contributed by atoms with van der Waals surface area (Å²) in [5.41, 5.74) is 8.07. The van der Waals surface area contributed by atoms with Gasteiger partial charge in [-0.25, -0.2) is 4.98 Å². The van der Waals surface area contributed by atoms with Gasteiger partial charge < -0.3 is 20.5 Å². The number of aromatic nitrogens is 2. The van der Waals surface area contributed by atoms with Crippen LogP contribution in [-0.2, 0) is 17.8 Å². The van der Waals surface area contributed by atoms with Crippen molar-refractivity contribution in [3.8, 4) is 0 Å². The van der Waals surface area contributed by atoms with Gasteiger partial charge in [-0.2, -0.15) is 0 Å². The van der Waals surface area contributed by atoms with Crippen molar-refractivity contribution in [3.63, 3.8) is 0 Å². The van der Waals surface area contributed by atoms with E-state index in [-0.39, 0.29) is 5.91 Å². The number of nitrogens with one attached hydrogen (secondary N) is 1. The molecule has 6 heteroatoms. The molecule has 136 valence electrons. The summed E-state index contributed by atoms with van der Waals surface area (Å²) in [5, 5.41) is 2.91. The first-order valence-corrected chi connectivity index (χ1v) is 8.92. The highest BCUT2D eigenvalue weighted by molar-refractivity contribution is 5.81. The predicted octanol–water partition coefficient (Wildman–Crippen LogP) is 1.26. The maximum Gasteiger partial charge on any atom is 0.237 e. The molecule has 2 aromatic rings. The van der Waals surface area contributed by atoms with Gasteiger partial charge in [0.1, 0.15) is 0 Å². The molecule has 1 aromatic heterocycles. The van der Waals surface area contributed by atoms with Gasteiger partial charge in [0, 0.05) is 32.3 Å². The molecule has 1 amide bonds. The van der Waals surface area contributed by atoms with Crippen LogP contribution in [0.3, 0.4) is 0 Å². The van der Waals surface area contributed by atoms with Crippen LogP contribution in [-0.4, -0.2) is 52.6 Å². The lowest BCUT2D eigenvalue weighted by atomic mass is 10.1. The number of hydrogen-bond donors (Lipinski definition) is 2. The average molecular weight is 343 g/mol. The number of nitrogens with two attached hydrogens (primary N) is 1. The van der Waals surface area contributed by atoms with Crippen LogP contribution < -0.4 is 11.1 Å². The SMILES string of the molecule is CCN(CC)CCNC(=O)[C@@H](N)Cc1cn(Cc2ccccc2)cn1. The summed E-state index contributed by atoms with van der Waals surface area (Å²) in [5.74, 6) is -0.121. The number of benzene rings is 1. The van der Waals surface area contributed by atoms with Gasteiger partial charge in [0.25, 0.3) is 0 Å². The number of rotatable bonds is 10. The highest BCUT2D eigenvalue weighted by atomic mass is 16.2. The normalized spacial score (nSPS) is 12.3. The topological polar surface area (TPSA) is 76.2 Å². The molecule has 1 atom stereocenters. The van der Waals surface area contributed by atoms with Crippen LogP contribution >= 0.6 is 0 Å². The number of carbonyl (C=O) groups is 1. The summed E-state index contributed by atoms with van der Waals surface area (Å²) in [4.78, 5) is 18.7. The number of amides is 1. The smallest absolute Gasteiger partial charge is 0.237 e. The molecule has 3 N–H and O–H groups in total. The van der Waals surface area contributed by atoms with Crippen molar-refractivity contribution in [1.29, 1.82) is 0 Å². The van der Waals surface area contributed by atoms with Crippen molar-refractivity contribution in [1.82, 2.24) is 19.8 Å². The van der Waals surface area contributed by atoms with E-state index in [1.54, 1.807) is 6.33 Å². The maximum absolute atomic E-state index is 12.1. The zero-order chi connectivity index (χ0) is 18.1. The molecule has 0 aliphatic carbocycles. The minimum atomic E-state index is -0.572. The van der Waals surface area contributed by atoms with Gasteiger partial charge in [0.05, 0.1) is 18.1 Å². The summed E-state index contributed by atoms with van der Waals surface area (Å²) in [7, 11) is 0. The van der Waals surface area contributed by atoms with Crippen molar-refractivity contribution in [3.05, 3.63) is 54.1 Å². The average Bonchev–Trinajstić information content (AvgIpc) is 3.06. The van der Waals surface area contributed by atoms with E-state index >= 15 is 0 Å². The Labute approximate surface area is 150 Å². The Balaban J connectivity index is 1.78. The predicted molar refractivity (Wildman–Crippen MR) is 100 cm³/mol. The van der Waals surface area contributed by atoms with E-state index in [1.165, 1.54) is 5.56 Å². The number of carbonyl (C=O) groups excluding carboxylic acids is 1. The monoisotopic (exact) mass is 343 g/mol. The molecule has 0 unspecified atom stereocenters. The van der Waals surface area contributed by atoms with Gasteiger partial charge in [-0.05, 0) is 18.7 Å². The number of hydrogen-bond acceptors (Lipinski definition) is 4. The summed E-state index contributed by atoms with van der Waals surface area (Å²) in [6.45, 7) is 8.42. The Morgan fingerprint density at radius 2 is 2.00 bits per heavy atom. The first-order valence-electron chi connectivity index (χ1n) is 8.92. The van der Waals surface area contributed by atoms with E-state index in [9.17, 15) is 4.79 Å². The molecule has 25 heavy (non-hydrogen) atoms. The van der Waals surface area contributed by atoms with Gasteiger partial charge in [0.15, 0.2) is 0 Å². The molecular formula is C19H29N5O. The van der Waals surface area contributed by atoms with Crippen molar-refractivity contribution in [2.45, 2.75) is 32.9 Å². The molecule has 6 nitrogen and oxygen atoms in total. The molecular weight excluding hydrogens is 314 g/mol. The Morgan fingerprint density at radius 1 is 1.28 bits per heavy atom. The first kappa shape index (κ1) is 19.1. The van der Waals surface area contributed by atoms with Crippen LogP contribution in [0.2, 0.25) is 0 Å². The molecule has 0 spiro atoms. The zero-order valence-corrected chi connectivity index (χ0v) is 15.2. The highest BCUT2D eigenvalue weighted by Gasteiger charge is 2.15. The minimum Gasteiger partial charge on any atom is -0.353 e. The van der Waals surface area contributed by atoms with Crippen LogP contribution in [0.1, 0.15) is 25.1 Å². The van der Waals surface area contributed by atoms with Gasteiger partial charge in [-0.3, -0.25) is 4.79 Å².